The van der Waals surface area contributed by atoms with Crippen LogP contribution in [0.1, 0.15) is 16.7 Å². The predicted octanol–water partition coefficient (Wildman–Crippen LogP) is 4.41. The first-order valence-corrected chi connectivity index (χ1v) is 8.16. The molecular weight excluding hydrogens is 304 g/mol. The van der Waals surface area contributed by atoms with E-state index >= 15 is 0 Å². The fourth-order valence-corrected chi connectivity index (χ4v) is 3.40. The number of pyridine rings is 1. The van der Waals surface area contributed by atoms with Crippen molar-refractivity contribution < 1.29 is 4.57 Å². The van der Waals surface area contributed by atoms with Gasteiger partial charge in [0.25, 0.3) is 0 Å². The molecule has 0 atom stereocenters. The molecule has 3 heteroatoms. The summed E-state index contributed by atoms with van der Waals surface area (Å²) < 4.78 is 2.05. The first-order chi connectivity index (χ1) is 11.2. The lowest BCUT2D eigenvalue weighted by Crippen LogP contribution is -2.27. The van der Waals surface area contributed by atoms with Crippen molar-refractivity contribution in [3.8, 4) is 0 Å². The third-order valence-corrected chi connectivity index (χ3v) is 4.67. The summed E-state index contributed by atoms with van der Waals surface area (Å²) in [5, 5.41) is 0.800. The summed E-state index contributed by atoms with van der Waals surface area (Å²) in [5.74, 6) is 0. The molecule has 0 N–H and O–H groups in total. The van der Waals surface area contributed by atoms with Crippen LogP contribution in [-0.2, 0) is 20.0 Å². The minimum atomic E-state index is 0.800. The Hall–Kier alpha value is -2.32. The van der Waals surface area contributed by atoms with Gasteiger partial charge in [0.05, 0.1) is 5.69 Å². The number of para-hydroxylation sites is 1. The lowest BCUT2D eigenvalue weighted by atomic mass is 10.0. The maximum atomic E-state index is 6.23. The Morgan fingerprint density at radius 1 is 0.913 bits per heavy atom. The second-order valence-corrected chi connectivity index (χ2v) is 6.46. The number of fused-ring (bicyclic) bond motifs is 2. The van der Waals surface area contributed by atoms with Gasteiger partial charge in [0.15, 0.2) is 12.4 Å². The third-order valence-electron chi connectivity index (χ3n) is 4.43. The number of benzene rings is 2. The summed E-state index contributed by atoms with van der Waals surface area (Å²) in [5.41, 5.74) is 6.46. The monoisotopic (exact) mass is 321 g/mol. The quantitative estimate of drug-likeness (QED) is 0.602. The summed E-state index contributed by atoms with van der Waals surface area (Å²) >= 11 is 6.23. The van der Waals surface area contributed by atoms with E-state index in [1.807, 2.05) is 13.1 Å². The Morgan fingerprint density at radius 3 is 2.52 bits per heavy atom. The molecule has 0 unspecified atom stereocenters. The van der Waals surface area contributed by atoms with Gasteiger partial charge >= 0.3 is 0 Å². The molecule has 1 aliphatic heterocycles. The van der Waals surface area contributed by atoms with Crippen LogP contribution in [0.3, 0.4) is 0 Å². The molecule has 0 radical (unpaired) electrons. The van der Waals surface area contributed by atoms with Crippen molar-refractivity contribution in [2.45, 2.75) is 13.0 Å². The zero-order chi connectivity index (χ0) is 15.8. The van der Waals surface area contributed by atoms with Crippen molar-refractivity contribution in [1.82, 2.24) is 0 Å². The van der Waals surface area contributed by atoms with Crippen LogP contribution < -0.4 is 9.47 Å². The van der Waals surface area contributed by atoms with Crippen molar-refractivity contribution in [3.05, 3.63) is 88.7 Å². The molecule has 0 saturated carbocycles. The summed E-state index contributed by atoms with van der Waals surface area (Å²) in [7, 11) is 2.04. The second-order valence-electron chi connectivity index (χ2n) is 6.03. The van der Waals surface area contributed by atoms with Crippen LogP contribution in [0, 0.1) is 0 Å². The molecule has 0 fully saturated rings. The van der Waals surface area contributed by atoms with Crippen molar-refractivity contribution in [2.24, 2.45) is 7.05 Å². The zero-order valence-corrected chi connectivity index (χ0v) is 13.8. The van der Waals surface area contributed by atoms with Gasteiger partial charge in [0.1, 0.15) is 7.05 Å². The molecule has 4 rings (SSSR count). The number of anilines is 2. The van der Waals surface area contributed by atoms with Crippen molar-refractivity contribution in [3.63, 3.8) is 0 Å². The summed E-state index contributed by atoms with van der Waals surface area (Å²) in [6.45, 7) is 0.834. The van der Waals surface area contributed by atoms with Crippen molar-refractivity contribution in [1.29, 1.82) is 0 Å². The molecule has 1 aliphatic rings. The minimum Gasteiger partial charge on any atom is -0.336 e. The first-order valence-electron chi connectivity index (χ1n) is 7.79. The van der Waals surface area contributed by atoms with Gasteiger partial charge in [-0.25, -0.2) is 4.57 Å². The maximum absolute atomic E-state index is 6.23. The molecule has 114 valence electrons. The Labute approximate surface area is 141 Å². The molecule has 0 aliphatic carbocycles. The number of halogens is 1. The van der Waals surface area contributed by atoms with Crippen LogP contribution in [0.4, 0.5) is 11.4 Å². The Bertz CT molecular complexity index is 856. The van der Waals surface area contributed by atoms with E-state index in [9.17, 15) is 0 Å². The second kappa shape index (κ2) is 5.71. The predicted molar refractivity (Wildman–Crippen MR) is 94.2 cm³/mol. The van der Waals surface area contributed by atoms with Gasteiger partial charge in [-0.15, -0.1) is 0 Å². The molecule has 0 bridgehead atoms. The highest BCUT2D eigenvalue weighted by Gasteiger charge is 2.20. The molecule has 1 aromatic heterocycles. The van der Waals surface area contributed by atoms with Crippen LogP contribution >= 0.6 is 11.6 Å². The molecule has 2 nitrogen and oxygen atoms in total. The summed E-state index contributed by atoms with van der Waals surface area (Å²) in [6.07, 6.45) is 5.11. The average Bonchev–Trinajstić information content (AvgIpc) is 2.72. The standard InChI is InChI=1S/C20H18ClN2/c1-22-10-8-19(9-11-22)23-14-17-13-18(21)7-6-15(17)12-16-4-2-3-5-20(16)23/h2-11,13H,12,14H2,1H3/q+1. The summed E-state index contributed by atoms with van der Waals surface area (Å²) in [4.78, 5) is 2.37. The maximum Gasteiger partial charge on any atom is 0.170 e. The van der Waals surface area contributed by atoms with E-state index in [4.69, 9.17) is 11.6 Å². The summed E-state index contributed by atoms with van der Waals surface area (Å²) in [6, 6.07) is 19.2. The highest BCUT2D eigenvalue weighted by molar-refractivity contribution is 6.30. The van der Waals surface area contributed by atoms with E-state index in [1.165, 1.54) is 28.1 Å². The normalized spacial score (nSPS) is 13.2. The van der Waals surface area contributed by atoms with E-state index in [-0.39, 0.29) is 0 Å². The minimum absolute atomic E-state index is 0.800. The largest absolute Gasteiger partial charge is 0.336 e. The van der Waals surface area contributed by atoms with E-state index in [0.717, 1.165) is 18.0 Å². The number of nitrogens with zero attached hydrogens (tertiary/aromatic N) is 2. The van der Waals surface area contributed by atoms with Gasteiger partial charge in [-0.2, -0.15) is 0 Å². The fraction of sp³-hybridized carbons (Fsp3) is 0.150. The SMILES string of the molecule is C[n+]1ccc(N2Cc3cc(Cl)ccc3Cc3ccccc32)cc1. The van der Waals surface area contributed by atoms with Crippen molar-refractivity contribution in [2.75, 3.05) is 4.90 Å². The number of hydrogen-bond donors (Lipinski definition) is 0. The Balaban J connectivity index is 1.88. The smallest absolute Gasteiger partial charge is 0.170 e. The fourth-order valence-electron chi connectivity index (χ4n) is 3.20. The number of aryl methyl sites for hydroxylation is 1. The zero-order valence-electron chi connectivity index (χ0n) is 13.0. The van der Waals surface area contributed by atoms with Gasteiger partial charge in [-0.3, -0.25) is 0 Å². The molecule has 0 spiro atoms. The number of aromatic nitrogens is 1. The molecule has 2 aromatic carbocycles. The topological polar surface area (TPSA) is 7.12 Å². The molecule has 3 aromatic rings. The van der Waals surface area contributed by atoms with Crippen LogP contribution in [0.5, 0.6) is 0 Å². The number of rotatable bonds is 1. The molecule has 23 heavy (non-hydrogen) atoms. The molecule has 2 heterocycles. The van der Waals surface area contributed by atoms with Gasteiger partial charge in [0.2, 0.25) is 0 Å². The Morgan fingerprint density at radius 2 is 1.70 bits per heavy atom. The van der Waals surface area contributed by atoms with Crippen LogP contribution in [-0.4, -0.2) is 0 Å². The van der Waals surface area contributed by atoms with Crippen molar-refractivity contribution >= 4 is 23.0 Å². The van der Waals surface area contributed by atoms with Gasteiger partial charge in [0, 0.05) is 29.4 Å². The van der Waals surface area contributed by atoms with Crippen LogP contribution in [0.2, 0.25) is 5.02 Å². The molecular formula is C20H18ClN2+. The third kappa shape index (κ3) is 2.71. The highest BCUT2D eigenvalue weighted by atomic mass is 35.5. The molecule has 0 saturated heterocycles. The van der Waals surface area contributed by atoms with E-state index in [2.05, 4.69) is 70.4 Å². The van der Waals surface area contributed by atoms with E-state index in [1.54, 1.807) is 0 Å². The van der Waals surface area contributed by atoms with Gasteiger partial charge in [-0.1, -0.05) is 35.9 Å². The first kappa shape index (κ1) is 14.3. The van der Waals surface area contributed by atoms with E-state index < -0.39 is 0 Å². The molecule has 0 amide bonds. The Kier molecular flexibility index (Phi) is 3.55. The number of hydrogen-bond acceptors (Lipinski definition) is 1. The lowest BCUT2D eigenvalue weighted by Gasteiger charge is -2.25. The average molecular weight is 322 g/mol. The highest BCUT2D eigenvalue weighted by Crippen LogP contribution is 2.36. The van der Waals surface area contributed by atoms with Crippen LogP contribution in [0.15, 0.2) is 67.0 Å². The van der Waals surface area contributed by atoms with Crippen LogP contribution in [0.25, 0.3) is 0 Å². The van der Waals surface area contributed by atoms with Gasteiger partial charge in [-0.05, 0) is 41.3 Å². The van der Waals surface area contributed by atoms with E-state index in [0.29, 0.717) is 0 Å². The van der Waals surface area contributed by atoms with Gasteiger partial charge < -0.3 is 4.90 Å². The lowest BCUT2D eigenvalue weighted by molar-refractivity contribution is -0.671.